The van der Waals surface area contributed by atoms with Crippen molar-refractivity contribution in [2.24, 2.45) is 0 Å². The molecule has 2 N–H and O–H groups in total. The van der Waals surface area contributed by atoms with E-state index in [-0.39, 0.29) is 43.2 Å². The van der Waals surface area contributed by atoms with E-state index in [1.807, 2.05) is 0 Å². The Balaban J connectivity index is 0.00000144. The fraction of sp³-hybridized carbons (Fsp3) is 0.333. The van der Waals surface area contributed by atoms with Crippen molar-refractivity contribution in [1.82, 2.24) is 4.81 Å². The first-order valence-electron chi connectivity index (χ1n) is 3.25. The number of nitrogens with zero attached hydrogens (tertiary/aromatic N) is 2. The molecule has 1 heterocycles. The van der Waals surface area contributed by atoms with Crippen LogP contribution in [0.2, 0.25) is 0 Å². The molecule has 1 rings (SSSR count). The standard InChI is InChI=1S/C6H8BN3O2.Rh/c1-9-6(12)4-3(11)2-10(7)5(4)8;/h2H2,1H3,(H3,8,9,11,12);/p-1. The molecular weight excluding hydrogens is 260 g/mol. The molecule has 1 amide bonds. The molecule has 0 unspecified atom stereocenters. The predicted molar refractivity (Wildman–Crippen MR) is 44.1 cm³/mol. The molecule has 0 spiro atoms. The van der Waals surface area contributed by atoms with Crippen LogP contribution in [0.4, 0.5) is 0 Å². The number of amides is 1. The summed E-state index contributed by atoms with van der Waals surface area (Å²) < 4.78 is 0. The second-order valence-electron chi connectivity index (χ2n) is 2.33. The monoisotopic (exact) mass is 267 g/mol. The van der Waals surface area contributed by atoms with Crippen LogP contribution in [-0.2, 0) is 24.3 Å². The molecule has 0 aliphatic carbocycles. The van der Waals surface area contributed by atoms with E-state index in [1.165, 1.54) is 7.05 Å². The van der Waals surface area contributed by atoms with Gasteiger partial charge in [0.15, 0.2) is 0 Å². The summed E-state index contributed by atoms with van der Waals surface area (Å²) in [6.07, 6.45) is 0. The summed E-state index contributed by atoms with van der Waals surface area (Å²) in [6.45, 7) is -0.00454. The van der Waals surface area contributed by atoms with E-state index in [0.29, 0.717) is 0 Å². The molecule has 7 heteroatoms. The summed E-state index contributed by atoms with van der Waals surface area (Å²) in [4.78, 5) is 12.0. The minimum atomic E-state index is -0.620. The second-order valence-corrected chi connectivity index (χ2v) is 2.33. The molecule has 0 fully saturated rings. The number of hydrogen-bond donors (Lipinski definition) is 2. The van der Waals surface area contributed by atoms with E-state index < -0.39 is 5.91 Å². The molecule has 3 radical (unpaired) electrons. The van der Waals surface area contributed by atoms with Gasteiger partial charge in [0.1, 0.15) is 11.6 Å². The van der Waals surface area contributed by atoms with Crippen molar-refractivity contribution < 1.29 is 29.4 Å². The van der Waals surface area contributed by atoms with Gasteiger partial charge < -0.3 is 20.0 Å². The summed E-state index contributed by atoms with van der Waals surface area (Å²) >= 11 is 0. The maximum absolute atomic E-state index is 11.0. The first-order chi connectivity index (χ1) is 5.57. The number of amidine groups is 1. The van der Waals surface area contributed by atoms with Crippen LogP contribution in [0.3, 0.4) is 0 Å². The van der Waals surface area contributed by atoms with E-state index in [1.54, 1.807) is 0 Å². The molecule has 1 aliphatic rings. The molecule has 13 heavy (non-hydrogen) atoms. The summed E-state index contributed by atoms with van der Waals surface area (Å²) in [5, 5.41) is 19.8. The van der Waals surface area contributed by atoms with Crippen molar-refractivity contribution in [3.05, 3.63) is 16.6 Å². The van der Waals surface area contributed by atoms with Gasteiger partial charge in [0.2, 0.25) is 7.98 Å². The van der Waals surface area contributed by atoms with Gasteiger partial charge in [-0.3, -0.25) is 5.41 Å². The summed E-state index contributed by atoms with van der Waals surface area (Å²) in [5.41, 5.74) is -0.111. The molecule has 0 saturated carbocycles. The number of carbonyl (C=O) groups excluding carboxylic acids is 1. The topological polar surface area (TPSA) is 78.5 Å². The smallest absolute Gasteiger partial charge is 0.229 e. The third-order valence-corrected chi connectivity index (χ3v) is 1.55. The fourth-order valence-electron chi connectivity index (χ4n) is 0.936. The third-order valence-electron chi connectivity index (χ3n) is 1.55. The van der Waals surface area contributed by atoms with E-state index in [4.69, 9.17) is 18.5 Å². The fourth-order valence-corrected chi connectivity index (χ4v) is 0.936. The van der Waals surface area contributed by atoms with Gasteiger partial charge in [-0.05, 0) is 0 Å². The minimum absolute atomic E-state index is 0. The van der Waals surface area contributed by atoms with Crippen molar-refractivity contribution in [3.63, 3.8) is 0 Å². The molecule has 0 bridgehead atoms. The van der Waals surface area contributed by atoms with Crippen LogP contribution in [0, 0.1) is 5.41 Å². The van der Waals surface area contributed by atoms with E-state index in [9.17, 15) is 4.79 Å². The van der Waals surface area contributed by atoms with Crippen LogP contribution < -0.4 is 0 Å². The van der Waals surface area contributed by atoms with Crippen LogP contribution in [-0.4, -0.2) is 43.2 Å². The average molecular weight is 267 g/mol. The molecule has 5 nitrogen and oxygen atoms in total. The van der Waals surface area contributed by atoms with Crippen LogP contribution in [0.1, 0.15) is 0 Å². The van der Waals surface area contributed by atoms with Gasteiger partial charge in [0.05, 0.1) is 18.0 Å². The minimum Gasteiger partial charge on any atom is -0.652 e. The van der Waals surface area contributed by atoms with Crippen LogP contribution in [0.15, 0.2) is 11.3 Å². The van der Waals surface area contributed by atoms with Gasteiger partial charge in [-0.1, -0.05) is 0 Å². The molecule has 0 aromatic carbocycles. The van der Waals surface area contributed by atoms with Crippen molar-refractivity contribution in [2.45, 2.75) is 0 Å². The molecule has 0 aromatic rings. The molecule has 0 aromatic heterocycles. The van der Waals surface area contributed by atoms with Gasteiger partial charge in [0, 0.05) is 19.5 Å². The average Bonchev–Trinajstić information content (AvgIpc) is 2.26. The number of aliphatic hydroxyl groups excluding tert-OH is 1. The molecule has 71 valence electrons. The summed E-state index contributed by atoms with van der Waals surface area (Å²) in [7, 11) is 6.57. The SMILES string of the molecule is [B]N1CC(O)=C(C(=O)[N-]C)C1=N.[Rh]. The molecule has 0 atom stereocenters. The second kappa shape index (κ2) is 4.42. The number of rotatable bonds is 1. The zero-order valence-corrected chi connectivity index (χ0v) is 8.51. The third kappa shape index (κ3) is 2.10. The first kappa shape index (κ1) is 12.2. The predicted octanol–water partition coefficient (Wildman–Crippen LogP) is -0.298. The van der Waals surface area contributed by atoms with Crippen molar-refractivity contribution in [2.75, 3.05) is 13.6 Å². The van der Waals surface area contributed by atoms with Crippen molar-refractivity contribution >= 4 is 19.7 Å². The van der Waals surface area contributed by atoms with Gasteiger partial charge >= 0.3 is 0 Å². The summed E-state index contributed by atoms with van der Waals surface area (Å²) in [6, 6.07) is 0. The quantitative estimate of drug-likeness (QED) is 0.640. The maximum atomic E-state index is 11.0. The van der Waals surface area contributed by atoms with Crippen LogP contribution in [0.5, 0.6) is 0 Å². The number of hydrogen-bond acceptors (Lipinski definition) is 3. The number of likely N-dealkylation sites (N-methyl/N-ethyl adjacent to an activating group) is 1. The first-order valence-corrected chi connectivity index (χ1v) is 3.25. The Labute approximate surface area is 89.9 Å². The normalized spacial score (nSPS) is 15.8. The van der Waals surface area contributed by atoms with E-state index in [0.717, 1.165) is 4.81 Å². The largest absolute Gasteiger partial charge is 0.652 e. The van der Waals surface area contributed by atoms with Gasteiger partial charge in [-0.15, -0.1) is 7.05 Å². The number of aliphatic hydroxyl groups is 1. The Morgan fingerprint density at radius 1 is 1.77 bits per heavy atom. The Kier molecular flexibility index (Phi) is 4.13. The van der Waals surface area contributed by atoms with Crippen molar-refractivity contribution in [1.29, 1.82) is 5.41 Å². The van der Waals surface area contributed by atoms with Gasteiger partial charge in [-0.2, -0.15) is 0 Å². The Morgan fingerprint density at radius 3 is 2.62 bits per heavy atom. The Hall–Kier alpha value is -0.832. The van der Waals surface area contributed by atoms with E-state index >= 15 is 0 Å². The van der Waals surface area contributed by atoms with Gasteiger partial charge in [0.25, 0.3) is 0 Å². The molecule has 0 saturated heterocycles. The van der Waals surface area contributed by atoms with E-state index in [2.05, 4.69) is 5.32 Å². The number of nitrogens with one attached hydrogen (secondary N) is 1. The summed E-state index contributed by atoms with van der Waals surface area (Å²) in [5.74, 6) is -1.01. The number of carbonyl (C=O) groups is 1. The maximum Gasteiger partial charge on any atom is 0.229 e. The molecule has 1 aliphatic heterocycles. The van der Waals surface area contributed by atoms with Crippen LogP contribution >= 0.6 is 0 Å². The Morgan fingerprint density at radius 2 is 2.31 bits per heavy atom. The van der Waals surface area contributed by atoms with Crippen molar-refractivity contribution in [3.8, 4) is 0 Å². The molecular formula is C6H7BN3O2Rh-. The Bertz CT molecular complexity index is 279. The van der Waals surface area contributed by atoms with Crippen LogP contribution in [0.25, 0.3) is 5.32 Å². The zero-order valence-electron chi connectivity index (χ0n) is 6.87. The zero-order chi connectivity index (χ0) is 9.30. The van der Waals surface area contributed by atoms with Gasteiger partial charge in [-0.25, -0.2) is 0 Å².